The minimum atomic E-state index is 0.552. The topological polar surface area (TPSA) is 37.2 Å². The second-order valence-electron chi connectivity index (χ2n) is 7.42. The number of likely N-dealkylation sites (tertiary alicyclic amines) is 1. The zero-order valence-corrected chi connectivity index (χ0v) is 14.6. The van der Waals surface area contributed by atoms with Crippen molar-refractivity contribution in [3.05, 3.63) is 42.5 Å². The summed E-state index contributed by atoms with van der Waals surface area (Å²) < 4.78 is 2.24. The van der Waals surface area contributed by atoms with Crippen molar-refractivity contribution in [1.29, 1.82) is 0 Å². The molecule has 2 saturated heterocycles. The van der Waals surface area contributed by atoms with Gasteiger partial charge < -0.3 is 9.47 Å². The van der Waals surface area contributed by atoms with Gasteiger partial charge in [0.1, 0.15) is 0 Å². The van der Waals surface area contributed by atoms with Gasteiger partial charge in [0.05, 0.1) is 0 Å². The molecule has 4 rings (SSSR count). The lowest BCUT2D eigenvalue weighted by Gasteiger charge is -2.46. The standard InChI is InChI=1S/C19H27N5/c1-22-11-2-4-17(22)16-23-12-5-19(6-13-23)7-14-24(15-8-19)18-20-9-3-10-21-18/h2-4,9-11H,5-8,12-16H2,1H3. The molecule has 0 N–H and O–H groups in total. The maximum Gasteiger partial charge on any atom is 0.225 e. The minimum Gasteiger partial charge on any atom is -0.353 e. The van der Waals surface area contributed by atoms with E-state index in [0.29, 0.717) is 5.41 Å². The summed E-state index contributed by atoms with van der Waals surface area (Å²) in [5.41, 5.74) is 1.97. The first-order valence-electron chi connectivity index (χ1n) is 9.09. The molecular weight excluding hydrogens is 298 g/mol. The van der Waals surface area contributed by atoms with E-state index < -0.39 is 0 Å². The van der Waals surface area contributed by atoms with Gasteiger partial charge in [-0.3, -0.25) is 4.90 Å². The van der Waals surface area contributed by atoms with Crippen LogP contribution in [0.4, 0.5) is 5.95 Å². The average Bonchev–Trinajstić information content (AvgIpc) is 3.03. The van der Waals surface area contributed by atoms with E-state index in [1.807, 2.05) is 18.5 Å². The number of aromatic nitrogens is 3. The number of aryl methyl sites for hydroxylation is 1. The highest BCUT2D eigenvalue weighted by Gasteiger charge is 2.37. The van der Waals surface area contributed by atoms with Crippen LogP contribution < -0.4 is 4.90 Å². The fourth-order valence-corrected chi connectivity index (χ4v) is 4.21. The molecule has 0 unspecified atom stereocenters. The summed E-state index contributed by atoms with van der Waals surface area (Å²) in [5.74, 6) is 0.897. The van der Waals surface area contributed by atoms with E-state index in [1.165, 1.54) is 44.5 Å². The molecule has 2 aliphatic heterocycles. The number of rotatable bonds is 3. The smallest absolute Gasteiger partial charge is 0.225 e. The monoisotopic (exact) mass is 325 g/mol. The van der Waals surface area contributed by atoms with E-state index in [-0.39, 0.29) is 0 Å². The SMILES string of the molecule is Cn1cccc1CN1CCC2(CC1)CCN(c1ncccn1)CC2. The zero-order chi connectivity index (χ0) is 16.4. The van der Waals surface area contributed by atoms with E-state index in [0.717, 1.165) is 25.6 Å². The van der Waals surface area contributed by atoms with E-state index in [4.69, 9.17) is 0 Å². The molecule has 24 heavy (non-hydrogen) atoms. The number of hydrogen-bond acceptors (Lipinski definition) is 4. The Hall–Kier alpha value is -1.88. The summed E-state index contributed by atoms with van der Waals surface area (Å²) in [4.78, 5) is 13.8. The van der Waals surface area contributed by atoms with E-state index in [9.17, 15) is 0 Å². The van der Waals surface area contributed by atoms with Crippen molar-refractivity contribution in [3.8, 4) is 0 Å². The van der Waals surface area contributed by atoms with E-state index in [2.05, 4.69) is 49.7 Å². The second-order valence-corrected chi connectivity index (χ2v) is 7.42. The molecule has 0 aliphatic carbocycles. The maximum atomic E-state index is 4.40. The molecule has 0 atom stereocenters. The number of anilines is 1. The molecule has 0 aromatic carbocycles. The van der Waals surface area contributed by atoms with Crippen LogP contribution in [0.15, 0.2) is 36.8 Å². The molecule has 0 radical (unpaired) electrons. The highest BCUT2D eigenvalue weighted by molar-refractivity contribution is 5.29. The van der Waals surface area contributed by atoms with Gasteiger partial charge >= 0.3 is 0 Å². The highest BCUT2D eigenvalue weighted by atomic mass is 15.3. The van der Waals surface area contributed by atoms with Crippen LogP contribution in [-0.2, 0) is 13.6 Å². The molecule has 2 fully saturated rings. The van der Waals surface area contributed by atoms with Gasteiger partial charge in [0.15, 0.2) is 0 Å². The largest absolute Gasteiger partial charge is 0.353 e. The van der Waals surface area contributed by atoms with Gasteiger partial charge in [-0.2, -0.15) is 0 Å². The third kappa shape index (κ3) is 3.18. The van der Waals surface area contributed by atoms with Crippen LogP contribution in [0.25, 0.3) is 0 Å². The predicted octanol–water partition coefficient (Wildman–Crippen LogP) is 2.70. The third-order valence-corrected chi connectivity index (χ3v) is 6.01. The van der Waals surface area contributed by atoms with Crippen LogP contribution in [0.3, 0.4) is 0 Å². The van der Waals surface area contributed by atoms with Gasteiger partial charge in [0.25, 0.3) is 0 Å². The Bertz CT molecular complexity index is 647. The van der Waals surface area contributed by atoms with Gasteiger partial charge in [0, 0.05) is 51.0 Å². The first-order valence-corrected chi connectivity index (χ1v) is 9.09. The molecule has 0 amide bonds. The van der Waals surface area contributed by atoms with Crippen molar-refractivity contribution in [2.75, 3.05) is 31.1 Å². The predicted molar refractivity (Wildman–Crippen MR) is 95.8 cm³/mol. The maximum absolute atomic E-state index is 4.40. The van der Waals surface area contributed by atoms with Crippen LogP contribution >= 0.6 is 0 Å². The quantitative estimate of drug-likeness (QED) is 0.869. The number of hydrogen-bond donors (Lipinski definition) is 0. The van der Waals surface area contributed by atoms with Crippen molar-refractivity contribution >= 4 is 5.95 Å². The lowest BCUT2D eigenvalue weighted by atomic mass is 9.71. The van der Waals surface area contributed by atoms with Crippen LogP contribution in [0.5, 0.6) is 0 Å². The lowest BCUT2D eigenvalue weighted by Crippen LogP contribution is -2.47. The van der Waals surface area contributed by atoms with Crippen molar-refractivity contribution in [1.82, 2.24) is 19.4 Å². The molecule has 2 aromatic rings. The molecule has 1 spiro atoms. The molecule has 5 nitrogen and oxygen atoms in total. The molecule has 4 heterocycles. The summed E-state index contributed by atoms with van der Waals surface area (Å²) in [7, 11) is 2.14. The molecule has 128 valence electrons. The van der Waals surface area contributed by atoms with Gasteiger partial charge in [-0.05, 0) is 62.4 Å². The van der Waals surface area contributed by atoms with Crippen LogP contribution in [0, 0.1) is 5.41 Å². The molecule has 0 saturated carbocycles. The minimum absolute atomic E-state index is 0.552. The molecule has 2 aromatic heterocycles. The van der Waals surface area contributed by atoms with E-state index >= 15 is 0 Å². The molecular formula is C19H27N5. The second kappa shape index (κ2) is 6.55. The van der Waals surface area contributed by atoms with Gasteiger partial charge in [-0.25, -0.2) is 9.97 Å². The fraction of sp³-hybridized carbons (Fsp3) is 0.579. The normalized spacial score (nSPS) is 21.3. The Labute approximate surface area is 144 Å². The Kier molecular flexibility index (Phi) is 4.27. The average molecular weight is 325 g/mol. The first kappa shape index (κ1) is 15.6. The third-order valence-electron chi connectivity index (χ3n) is 6.01. The Balaban J connectivity index is 1.31. The van der Waals surface area contributed by atoms with Gasteiger partial charge in [0.2, 0.25) is 5.95 Å². The van der Waals surface area contributed by atoms with Crippen molar-refractivity contribution in [2.24, 2.45) is 12.5 Å². The Morgan fingerprint density at radius 3 is 2.25 bits per heavy atom. The summed E-state index contributed by atoms with van der Waals surface area (Å²) in [5, 5.41) is 0. The lowest BCUT2D eigenvalue weighted by molar-refractivity contribution is 0.0744. The van der Waals surface area contributed by atoms with E-state index in [1.54, 1.807) is 0 Å². The zero-order valence-electron chi connectivity index (χ0n) is 14.6. The number of piperidine rings is 2. The van der Waals surface area contributed by atoms with Crippen LogP contribution in [0.2, 0.25) is 0 Å². The molecule has 2 aliphatic rings. The first-order chi connectivity index (χ1) is 11.7. The summed E-state index contributed by atoms with van der Waals surface area (Å²) in [6, 6.07) is 6.27. The summed E-state index contributed by atoms with van der Waals surface area (Å²) in [6.45, 7) is 5.74. The molecule has 5 heteroatoms. The molecule has 0 bridgehead atoms. The van der Waals surface area contributed by atoms with Crippen LogP contribution in [0.1, 0.15) is 31.4 Å². The van der Waals surface area contributed by atoms with Crippen molar-refractivity contribution < 1.29 is 0 Å². The fourth-order valence-electron chi connectivity index (χ4n) is 4.21. The van der Waals surface area contributed by atoms with Crippen molar-refractivity contribution in [2.45, 2.75) is 32.2 Å². The van der Waals surface area contributed by atoms with Gasteiger partial charge in [-0.15, -0.1) is 0 Å². The number of nitrogens with zero attached hydrogens (tertiary/aromatic N) is 5. The summed E-state index contributed by atoms with van der Waals surface area (Å²) >= 11 is 0. The Morgan fingerprint density at radius 1 is 0.958 bits per heavy atom. The highest BCUT2D eigenvalue weighted by Crippen LogP contribution is 2.41. The summed E-state index contributed by atoms with van der Waals surface area (Å²) in [6.07, 6.45) is 11.1. The Morgan fingerprint density at radius 2 is 1.62 bits per heavy atom. The van der Waals surface area contributed by atoms with Crippen LogP contribution in [-0.4, -0.2) is 45.6 Å². The van der Waals surface area contributed by atoms with Gasteiger partial charge in [-0.1, -0.05) is 0 Å². The van der Waals surface area contributed by atoms with Crippen molar-refractivity contribution in [3.63, 3.8) is 0 Å².